The Hall–Kier alpha value is -8.60. The van der Waals surface area contributed by atoms with Gasteiger partial charge in [0.15, 0.2) is 0 Å². The zero-order valence-electron chi connectivity index (χ0n) is 36.7. The largest absolute Gasteiger partial charge is 0.496 e. The minimum absolute atomic E-state index is 0.796. The lowest BCUT2D eigenvalue weighted by atomic mass is 9.90. The highest BCUT2D eigenvalue weighted by atomic mass is 16.5. The van der Waals surface area contributed by atoms with E-state index >= 15 is 0 Å². The second-order valence-electron chi connectivity index (χ2n) is 16.8. The fourth-order valence-electron chi connectivity index (χ4n) is 9.94. The SMILES string of the molecule is COc1ccc2cc(-c3ccc(N4c5ccccc5C=Cc5ccccc54)cc3)ccc2c1-c1c(OC)ccc2cc(-c3ccc(N4c5ccccc5C=Cc5ccccc54)cc3)ccc12. The maximum Gasteiger partial charge on any atom is 0.127 e. The Morgan fingerprint density at radius 3 is 0.955 bits per heavy atom. The summed E-state index contributed by atoms with van der Waals surface area (Å²) in [6.07, 6.45) is 8.83. The molecule has 12 rings (SSSR count). The van der Waals surface area contributed by atoms with E-state index in [1.54, 1.807) is 14.2 Å². The van der Waals surface area contributed by atoms with Crippen molar-refractivity contribution in [2.24, 2.45) is 0 Å². The van der Waals surface area contributed by atoms with Crippen molar-refractivity contribution in [3.63, 3.8) is 0 Å². The minimum atomic E-state index is 0.796. The normalized spacial score (nSPS) is 12.5. The lowest BCUT2D eigenvalue weighted by molar-refractivity contribution is 0.411. The van der Waals surface area contributed by atoms with Crippen LogP contribution in [0.5, 0.6) is 11.5 Å². The third-order valence-electron chi connectivity index (χ3n) is 13.2. The zero-order chi connectivity index (χ0) is 44.1. The molecule has 0 bridgehead atoms. The Morgan fingerprint density at radius 1 is 0.303 bits per heavy atom. The van der Waals surface area contributed by atoms with E-state index in [-0.39, 0.29) is 0 Å². The summed E-state index contributed by atoms with van der Waals surface area (Å²) >= 11 is 0. The predicted molar refractivity (Wildman–Crippen MR) is 278 cm³/mol. The molecule has 2 aliphatic rings. The Bertz CT molecular complexity index is 3230. The van der Waals surface area contributed by atoms with Gasteiger partial charge in [-0.2, -0.15) is 0 Å². The smallest absolute Gasteiger partial charge is 0.127 e. The van der Waals surface area contributed by atoms with E-state index in [1.807, 2.05) is 0 Å². The van der Waals surface area contributed by atoms with Crippen LogP contribution in [0.15, 0.2) is 206 Å². The number of rotatable bonds is 7. The van der Waals surface area contributed by atoms with Crippen LogP contribution in [0.1, 0.15) is 22.3 Å². The van der Waals surface area contributed by atoms with Gasteiger partial charge >= 0.3 is 0 Å². The summed E-state index contributed by atoms with van der Waals surface area (Å²) in [5.74, 6) is 1.59. The number of methoxy groups -OCH3 is 2. The molecule has 4 nitrogen and oxygen atoms in total. The van der Waals surface area contributed by atoms with Crippen molar-refractivity contribution < 1.29 is 9.47 Å². The van der Waals surface area contributed by atoms with Gasteiger partial charge in [0.1, 0.15) is 11.5 Å². The van der Waals surface area contributed by atoms with E-state index in [1.165, 1.54) is 22.3 Å². The summed E-state index contributed by atoms with van der Waals surface area (Å²) < 4.78 is 12.3. The highest BCUT2D eigenvalue weighted by Gasteiger charge is 2.23. The van der Waals surface area contributed by atoms with Gasteiger partial charge in [0.05, 0.1) is 37.0 Å². The molecule has 0 atom stereocenters. The molecule has 2 aliphatic heterocycles. The first-order valence-electron chi connectivity index (χ1n) is 22.4. The summed E-state index contributed by atoms with van der Waals surface area (Å²) in [7, 11) is 3.49. The summed E-state index contributed by atoms with van der Waals surface area (Å²) in [5.41, 5.74) is 18.2. The fraction of sp³-hybridized carbons (Fsp3) is 0.0323. The van der Waals surface area contributed by atoms with Gasteiger partial charge in [-0.25, -0.2) is 0 Å². The molecule has 4 heteroatoms. The van der Waals surface area contributed by atoms with Crippen LogP contribution in [-0.2, 0) is 0 Å². The van der Waals surface area contributed by atoms with Crippen molar-refractivity contribution in [1.82, 2.24) is 0 Å². The number of fused-ring (bicyclic) bond motifs is 6. The molecule has 314 valence electrons. The van der Waals surface area contributed by atoms with Crippen LogP contribution < -0.4 is 19.3 Å². The molecule has 0 radical (unpaired) electrons. The highest BCUT2D eigenvalue weighted by molar-refractivity contribution is 6.11. The first kappa shape index (κ1) is 39.0. The second kappa shape index (κ2) is 16.2. The van der Waals surface area contributed by atoms with Crippen molar-refractivity contribution in [2.75, 3.05) is 24.0 Å². The Labute approximate surface area is 385 Å². The Morgan fingerprint density at radius 2 is 0.621 bits per heavy atom. The Balaban J connectivity index is 0.895. The number of hydrogen-bond acceptors (Lipinski definition) is 4. The van der Waals surface area contributed by atoms with Crippen LogP contribution >= 0.6 is 0 Å². The molecule has 66 heavy (non-hydrogen) atoms. The standard InChI is InChI=1S/C62H44N2O2/c1-65-59-37-29-49-39-47(41-23-31-51(32-24-41)63-55-15-7-3-11-43(55)19-20-44-12-4-8-16-56(44)63)27-35-53(49)61(59)62-54-36-28-48(40-50(54)30-38-60(62)66-2)42-25-33-52(34-26-42)64-57-17-9-5-13-45(57)21-22-46-14-6-10-18-58(46)64/h3-40H,1-2H3. The molecule has 0 fully saturated rings. The monoisotopic (exact) mass is 848 g/mol. The van der Waals surface area contributed by atoms with Crippen LogP contribution in [0.3, 0.4) is 0 Å². The summed E-state index contributed by atoms with van der Waals surface area (Å²) in [4.78, 5) is 4.72. The van der Waals surface area contributed by atoms with E-state index in [4.69, 9.17) is 9.47 Å². The van der Waals surface area contributed by atoms with E-state index in [2.05, 4.69) is 240 Å². The van der Waals surface area contributed by atoms with Crippen molar-refractivity contribution in [3.05, 3.63) is 229 Å². The Kier molecular flexibility index (Phi) is 9.57. The summed E-state index contributed by atoms with van der Waals surface area (Å²) in [6, 6.07) is 74.1. The first-order valence-corrected chi connectivity index (χ1v) is 22.4. The van der Waals surface area contributed by atoms with Crippen molar-refractivity contribution in [3.8, 4) is 44.9 Å². The van der Waals surface area contributed by atoms with Crippen LogP contribution in [-0.4, -0.2) is 14.2 Å². The number of nitrogens with zero attached hydrogens (tertiary/aromatic N) is 2. The number of anilines is 6. The fourth-order valence-corrected chi connectivity index (χ4v) is 9.94. The van der Waals surface area contributed by atoms with E-state index in [0.29, 0.717) is 0 Å². The molecule has 0 unspecified atom stereocenters. The lowest BCUT2D eigenvalue weighted by Crippen LogP contribution is -2.11. The number of para-hydroxylation sites is 4. The molecule has 0 saturated carbocycles. The molecule has 0 spiro atoms. The van der Waals surface area contributed by atoms with Crippen LogP contribution in [0.2, 0.25) is 0 Å². The average molecular weight is 849 g/mol. The number of benzene rings is 10. The quantitative estimate of drug-likeness (QED) is 0.160. The van der Waals surface area contributed by atoms with Crippen molar-refractivity contribution in [2.45, 2.75) is 0 Å². The van der Waals surface area contributed by atoms with Crippen LogP contribution in [0.4, 0.5) is 34.1 Å². The molecule has 0 aliphatic carbocycles. The zero-order valence-corrected chi connectivity index (χ0v) is 36.7. The first-order chi connectivity index (χ1) is 32.6. The minimum Gasteiger partial charge on any atom is -0.496 e. The molecule has 0 N–H and O–H groups in total. The molecule has 2 heterocycles. The molecule has 10 aromatic rings. The molecular formula is C62H44N2O2. The van der Waals surface area contributed by atoms with Gasteiger partial charge in [0.2, 0.25) is 0 Å². The predicted octanol–water partition coefficient (Wildman–Crippen LogP) is 16.9. The van der Waals surface area contributed by atoms with Gasteiger partial charge in [-0.05, 0) is 139 Å². The maximum absolute atomic E-state index is 6.13. The van der Waals surface area contributed by atoms with E-state index in [0.717, 1.165) is 101 Å². The molecule has 0 saturated heterocycles. The van der Waals surface area contributed by atoms with Gasteiger partial charge in [-0.3, -0.25) is 0 Å². The lowest BCUT2D eigenvalue weighted by Gasteiger charge is -2.27. The van der Waals surface area contributed by atoms with Crippen LogP contribution in [0.25, 0.3) is 79.2 Å². The number of hydrogen-bond donors (Lipinski definition) is 0. The van der Waals surface area contributed by atoms with Gasteiger partial charge in [-0.15, -0.1) is 0 Å². The van der Waals surface area contributed by atoms with Gasteiger partial charge < -0.3 is 19.3 Å². The summed E-state index contributed by atoms with van der Waals surface area (Å²) in [6.45, 7) is 0. The van der Waals surface area contributed by atoms with Crippen molar-refractivity contribution >= 4 is 80.0 Å². The van der Waals surface area contributed by atoms with E-state index in [9.17, 15) is 0 Å². The molecule has 0 amide bonds. The maximum atomic E-state index is 6.13. The van der Waals surface area contributed by atoms with Gasteiger partial charge in [-0.1, -0.05) is 158 Å². The van der Waals surface area contributed by atoms with Gasteiger partial charge in [0.25, 0.3) is 0 Å². The molecule has 10 aromatic carbocycles. The summed E-state index contributed by atoms with van der Waals surface area (Å²) in [5, 5.41) is 4.43. The molecule has 0 aromatic heterocycles. The number of ether oxygens (including phenoxy) is 2. The van der Waals surface area contributed by atoms with Crippen molar-refractivity contribution in [1.29, 1.82) is 0 Å². The third-order valence-corrected chi connectivity index (χ3v) is 13.2. The van der Waals surface area contributed by atoms with E-state index < -0.39 is 0 Å². The third kappa shape index (κ3) is 6.62. The molecular weight excluding hydrogens is 805 g/mol. The van der Waals surface area contributed by atoms with Crippen LogP contribution in [0, 0.1) is 0 Å². The second-order valence-corrected chi connectivity index (χ2v) is 16.8. The topological polar surface area (TPSA) is 24.9 Å². The average Bonchev–Trinajstić information content (AvgIpc) is 3.66. The highest BCUT2D eigenvalue weighted by Crippen LogP contribution is 2.48. The van der Waals surface area contributed by atoms with Gasteiger partial charge in [0, 0.05) is 22.5 Å².